The number of pyridine rings is 1. The number of aliphatic imine (C=N–C) groups is 1. The molecule has 1 aromatic heterocycles. The SMILES string of the molecule is CCNC(=NCc1ccnc(OC2CCCC2)c1)NC(C)CC.I. The molecule has 1 aliphatic carbocycles. The minimum Gasteiger partial charge on any atom is -0.474 e. The van der Waals surface area contributed by atoms with Gasteiger partial charge in [0.15, 0.2) is 5.96 Å². The van der Waals surface area contributed by atoms with E-state index in [0.717, 1.165) is 43.2 Å². The van der Waals surface area contributed by atoms with Gasteiger partial charge in [0.2, 0.25) is 5.88 Å². The molecule has 0 amide bonds. The molecule has 1 fully saturated rings. The first kappa shape index (κ1) is 21.0. The van der Waals surface area contributed by atoms with Gasteiger partial charge in [-0.3, -0.25) is 0 Å². The summed E-state index contributed by atoms with van der Waals surface area (Å²) in [5, 5.41) is 6.69. The third kappa shape index (κ3) is 7.23. The zero-order valence-corrected chi connectivity index (χ0v) is 17.4. The second-order valence-corrected chi connectivity index (χ2v) is 6.18. The quantitative estimate of drug-likeness (QED) is 0.379. The summed E-state index contributed by atoms with van der Waals surface area (Å²) in [6, 6.07) is 4.42. The Morgan fingerprint density at radius 2 is 2.12 bits per heavy atom. The summed E-state index contributed by atoms with van der Waals surface area (Å²) < 4.78 is 5.96. The predicted molar refractivity (Wildman–Crippen MR) is 110 cm³/mol. The van der Waals surface area contributed by atoms with Gasteiger partial charge in [-0.05, 0) is 57.6 Å². The topological polar surface area (TPSA) is 58.5 Å². The Kier molecular flexibility index (Phi) is 10.1. The fraction of sp³-hybridized carbons (Fsp3) is 0.667. The van der Waals surface area contributed by atoms with Gasteiger partial charge in [0.25, 0.3) is 0 Å². The molecule has 1 aliphatic rings. The molecule has 1 atom stereocenters. The molecule has 0 radical (unpaired) electrons. The Morgan fingerprint density at radius 3 is 2.79 bits per heavy atom. The highest BCUT2D eigenvalue weighted by atomic mass is 127. The van der Waals surface area contributed by atoms with Gasteiger partial charge in [-0.15, -0.1) is 24.0 Å². The molecule has 0 aliphatic heterocycles. The van der Waals surface area contributed by atoms with Crippen LogP contribution in [0, 0.1) is 0 Å². The van der Waals surface area contributed by atoms with Crippen molar-refractivity contribution in [2.75, 3.05) is 6.54 Å². The van der Waals surface area contributed by atoms with Gasteiger partial charge in [-0.1, -0.05) is 6.92 Å². The molecule has 0 bridgehead atoms. The summed E-state index contributed by atoms with van der Waals surface area (Å²) in [5.74, 6) is 1.58. The van der Waals surface area contributed by atoms with Crippen molar-refractivity contribution in [3.05, 3.63) is 23.9 Å². The number of hydrogen-bond acceptors (Lipinski definition) is 3. The number of nitrogens with one attached hydrogen (secondary N) is 2. The molecule has 136 valence electrons. The highest BCUT2D eigenvalue weighted by Crippen LogP contribution is 2.23. The number of hydrogen-bond donors (Lipinski definition) is 2. The van der Waals surface area contributed by atoms with Crippen molar-refractivity contribution in [2.24, 2.45) is 4.99 Å². The molecule has 6 heteroatoms. The average Bonchev–Trinajstić information content (AvgIpc) is 3.06. The molecule has 0 spiro atoms. The zero-order chi connectivity index (χ0) is 16.5. The monoisotopic (exact) mass is 446 g/mol. The smallest absolute Gasteiger partial charge is 0.213 e. The standard InChI is InChI=1S/C18H30N4O.HI/c1-4-14(3)22-18(19-5-2)21-13-15-10-11-20-17(12-15)23-16-8-6-7-9-16;/h10-12,14,16H,4-9,13H2,1-3H3,(H2,19,21,22);1H. The summed E-state index contributed by atoms with van der Waals surface area (Å²) in [6.07, 6.45) is 8.04. The Bertz CT molecular complexity index is 504. The van der Waals surface area contributed by atoms with Crippen molar-refractivity contribution >= 4 is 29.9 Å². The van der Waals surface area contributed by atoms with Gasteiger partial charge in [-0.25, -0.2) is 9.98 Å². The van der Waals surface area contributed by atoms with Crippen LogP contribution in [0.15, 0.2) is 23.3 Å². The van der Waals surface area contributed by atoms with Crippen molar-refractivity contribution in [3.63, 3.8) is 0 Å². The van der Waals surface area contributed by atoms with Gasteiger partial charge in [-0.2, -0.15) is 0 Å². The summed E-state index contributed by atoms with van der Waals surface area (Å²) in [6.45, 7) is 7.88. The maximum atomic E-state index is 5.96. The van der Waals surface area contributed by atoms with Crippen molar-refractivity contribution < 1.29 is 4.74 Å². The summed E-state index contributed by atoms with van der Waals surface area (Å²) in [7, 11) is 0. The molecule has 5 nitrogen and oxygen atoms in total. The Balaban J connectivity index is 0.00000288. The lowest BCUT2D eigenvalue weighted by molar-refractivity contribution is 0.201. The number of ether oxygens (including phenoxy) is 1. The van der Waals surface area contributed by atoms with E-state index in [2.05, 4.69) is 41.4 Å². The lowest BCUT2D eigenvalue weighted by Crippen LogP contribution is -2.41. The van der Waals surface area contributed by atoms with E-state index < -0.39 is 0 Å². The first-order valence-electron chi connectivity index (χ1n) is 8.87. The van der Waals surface area contributed by atoms with E-state index in [0.29, 0.717) is 18.7 Å². The minimum atomic E-state index is 0. The largest absolute Gasteiger partial charge is 0.474 e. The molecule has 1 saturated carbocycles. The van der Waals surface area contributed by atoms with Crippen LogP contribution in [-0.4, -0.2) is 29.6 Å². The van der Waals surface area contributed by atoms with Gasteiger partial charge in [0.1, 0.15) is 6.10 Å². The lowest BCUT2D eigenvalue weighted by atomic mass is 10.2. The molecule has 24 heavy (non-hydrogen) atoms. The van der Waals surface area contributed by atoms with Crippen LogP contribution < -0.4 is 15.4 Å². The van der Waals surface area contributed by atoms with E-state index >= 15 is 0 Å². The molecule has 2 N–H and O–H groups in total. The highest BCUT2D eigenvalue weighted by molar-refractivity contribution is 14.0. The fourth-order valence-corrected chi connectivity index (χ4v) is 2.62. The van der Waals surface area contributed by atoms with Crippen LogP contribution in [0.2, 0.25) is 0 Å². The van der Waals surface area contributed by atoms with Crippen LogP contribution in [0.1, 0.15) is 58.4 Å². The van der Waals surface area contributed by atoms with Crippen LogP contribution in [-0.2, 0) is 6.54 Å². The summed E-state index contributed by atoms with van der Waals surface area (Å²) in [5.41, 5.74) is 1.12. The number of nitrogens with zero attached hydrogens (tertiary/aromatic N) is 2. The molecular formula is C18H31IN4O. The van der Waals surface area contributed by atoms with E-state index in [1.165, 1.54) is 12.8 Å². The van der Waals surface area contributed by atoms with Crippen LogP contribution in [0.4, 0.5) is 0 Å². The van der Waals surface area contributed by atoms with Gasteiger partial charge < -0.3 is 15.4 Å². The third-order valence-electron chi connectivity index (χ3n) is 4.15. The second kappa shape index (κ2) is 11.5. The predicted octanol–water partition coefficient (Wildman–Crippen LogP) is 3.87. The molecule has 1 heterocycles. The fourth-order valence-electron chi connectivity index (χ4n) is 2.62. The number of rotatable bonds is 7. The Morgan fingerprint density at radius 1 is 1.38 bits per heavy atom. The Labute approximate surface area is 163 Å². The first-order valence-corrected chi connectivity index (χ1v) is 8.87. The average molecular weight is 446 g/mol. The van der Waals surface area contributed by atoms with Crippen LogP contribution in [0.25, 0.3) is 0 Å². The van der Waals surface area contributed by atoms with Gasteiger partial charge in [0.05, 0.1) is 6.54 Å². The number of guanidine groups is 1. The van der Waals surface area contributed by atoms with E-state index in [1.807, 2.05) is 18.3 Å². The van der Waals surface area contributed by atoms with E-state index in [4.69, 9.17) is 4.74 Å². The molecule has 0 saturated heterocycles. The van der Waals surface area contributed by atoms with E-state index in [9.17, 15) is 0 Å². The lowest BCUT2D eigenvalue weighted by Gasteiger charge is -2.16. The van der Waals surface area contributed by atoms with Crippen LogP contribution in [0.3, 0.4) is 0 Å². The first-order chi connectivity index (χ1) is 11.2. The van der Waals surface area contributed by atoms with Crippen molar-refractivity contribution in [2.45, 2.75) is 71.6 Å². The number of halogens is 1. The Hall–Kier alpha value is -1.05. The van der Waals surface area contributed by atoms with Gasteiger partial charge >= 0.3 is 0 Å². The van der Waals surface area contributed by atoms with E-state index in [-0.39, 0.29) is 24.0 Å². The van der Waals surface area contributed by atoms with Crippen molar-refractivity contribution in [1.82, 2.24) is 15.6 Å². The number of aromatic nitrogens is 1. The van der Waals surface area contributed by atoms with Crippen LogP contribution >= 0.6 is 24.0 Å². The van der Waals surface area contributed by atoms with Gasteiger partial charge in [0, 0.05) is 24.8 Å². The molecule has 2 rings (SSSR count). The van der Waals surface area contributed by atoms with Crippen LogP contribution in [0.5, 0.6) is 5.88 Å². The zero-order valence-electron chi connectivity index (χ0n) is 15.0. The minimum absolute atomic E-state index is 0. The third-order valence-corrected chi connectivity index (χ3v) is 4.15. The summed E-state index contributed by atoms with van der Waals surface area (Å²) in [4.78, 5) is 8.98. The summed E-state index contributed by atoms with van der Waals surface area (Å²) >= 11 is 0. The maximum Gasteiger partial charge on any atom is 0.213 e. The molecule has 0 aromatic carbocycles. The van der Waals surface area contributed by atoms with E-state index in [1.54, 1.807) is 0 Å². The maximum absolute atomic E-state index is 5.96. The highest BCUT2D eigenvalue weighted by Gasteiger charge is 2.17. The molecular weight excluding hydrogens is 415 g/mol. The molecule has 1 unspecified atom stereocenters. The molecule has 1 aromatic rings. The van der Waals surface area contributed by atoms with Crippen molar-refractivity contribution in [1.29, 1.82) is 0 Å². The van der Waals surface area contributed by atoms with Crippen molar-refractivity contribution in [3.8, 4) is 5.88 Å². The normalized spacial score (nSPS) is 16.4. The second-order valence-electron chi connectivity index (χ2n) is 6.18.